The molecule has 34 heavy (non-hydrogen) atoms. The Bertz CT molecular complexity index is 1160. The third-order valence-corrected chi connectivity index (χ3v) is 6.93. The lowest BCUT2D eigenvalue weighted by atomic mass is 10.1. The first kappa shape index (κ1) is 23.7. The van der Waals surface area contributed by atoms with Gasteiger partial charge in [-0.05, 0) is 48.0 Å². The van der Waals surface area contributed by atoms with E-state index in [1.807, 2.05) is 12.1 Å². The van der Waals surface area contributed by atoms with E-state index >= 15 is 0 Å². The second kappa shape index (κ2) is 10.7. The molecule has 3 aromatic rings. The highest BCUT2D eigenvalue weighted by Crippen LogP contribution is 2.34. The molecule has 1 saturated heterocycles. The van der Waals surface area contributed by atoms with Gasteiger partial charge in [-0.1, -0.05) is 12.1 Å². The molecule has 0 aliphatic carbocycles. The van der Waals surface area contributed by atoms with Gasteiger partial charge in [-0.2, -0.15) is 0 Å². The van der Waals surface area contributed by atoms with Crippen LogP contribution in [0.2, 0.25) is 0 Å². The number of hydrogen-bond donors (Lipinski definition) is 0. The number of piperazine rings is 1. The Morgan fingerprint density at radius 2 is 1.88 bits per heavy atom. The van der Waals surface area contributed by atoms with Crippen molar-refractivity contribution >= 4 is 23.4 Å². The van der Waals surface area contributed by atoms with Crippen molar-refractivity contribution in [2.45, 2.75) is 16.5 Å². The fraction of sp³-hybridized carbons (Fsp3) is 0.348. The monoisotopic (exact) mass is 482 g/mol. The predicted molar refractivity (Wildman–Crippen MR) is 127 cm³/mol. The van der Waals surface area contributed by atoms with Crippen molar-refractivity contribution in [1.29, 1.82) is 0 Å². The van der Waals surface area contributed by atoms with Crippen molar-refractivity contribution in [3.05, 3.63) is 70.0 Å². The summed E-state index contributed by atoms with van der Waals surface area (Å²) in [5, 5.41) is 20.0. The summed E-state index contributed by atoms with van der Waals surface area (Å²) in [5.41, 5.74) is 1.45. The summed E-state index contributed by atoms with van der Waals surface area (Å²) in [4.78, 5) is 28.8. The van der Waals surface area contributed by atoms with Crippen LogP contribution in [0.4, 0.5) is 5.69 Å². The van der Waals surface area contributed by atoms with Crippen LogP contribution in [0.5, 0.6) is 5.75 Å². The zero-order valence-corrected chi connectivity index (χ0v) is 19.9. The summed E-state index contributed by atoms with van der Waals surface area (Å²) in [7, 11) is 3.42. The summed E-state index contributed by atoms with van der Waals surface area (Å²) < 4.78 is 6.88. The third kappa shape index (κ3) is 5.54. The lowest BCUT2D eigenvalue weighted by Gasteiger charge is -2.34. The van der Waals surface area contributed by atoms with Crippen LogP contribution in [0.1, 0.15) is 15.9 Å². The lowest BCUT2D eigenvalue weighted by Crippen LogP contribution is -2.49. The van der Waals surface area contributed by atoms with Crippen LogP contribution >= 0.6 is 11.8 Å². The normalized spacial score (nSPS) is 14.2. The molecular weight excluding hydrogens is 456 g/mol. The van der Waals surface area contributed by atoms with Crippen LogP contribution in [0.25, 0.3) is 0 Å². The Morgan fingerprint density at radius 3 is 2.50 bits per heavy atom. The van der Waals surface area contributed by atoms with Crippen LogP contribution in [-0.2, 0) is 13.5 Å². The highest BCUT2D eigenvalue weighted by atomic mass is 32.2. The van der Waals surface area contributed by atoms with Gasteiger partial charge in [-0.15, -0.1) is 10.2 Å². The van der Waals surface area contributed by atoms with Crippen LogP contribution in [0.3, 0.4) is 0 Å². The molecule has 1 aromatic heterocycles. The Kier molecular flexibility index (Phi) is 7.43. The van der Waals surface area contributed by atoms with Gasteiger partial charge in [0.2, 0.25) is 0 Å². The number of nitro groups is 1. The van der Waals surface area contributed by atoms with Gasteiger partial charge in [0.05, 0.1) is 16.9 Å². The number of nitrogens with zero attached hydrogens (tertiary/aromatic N) is 6. The predicted octanol–water partition coefficient (Wildman–Crippen LogP) is 2.88. The van der Waals surface area contributed by atoms with Crippen molar-refractivity contribution in [2.24, 2.45) is 7.05 Å². The molecule has 10 nitrogen and oxygen atoms in total. The van der Waals surface area contributed by atoms with Crippen molar-refractivity contribution in [3.8, 4) is 5.75 Å². The largest absolute Gasteiger partial charge is 0.497 e. The zero-order valence-electron chi connectivity index (χ0n) is 19.1. The molecule has 0 radical (unpaired) electrons. The minimum Gasteiger partial charge on any atom is -0.497 e. The first-order valence-corrected chi connectivity index (χ1v) is 11.7. The van der Waals surface area contributed by atoms with Gasteiger partial charge < -0.3 is 14.2 Å². The molecule has 2 heterocycles. The van der Waals surface area contributed by atoms with Gasteiger partial charge in [0.15, 0.2) is 5.16 Å². The second-order valence-corrected chi connectivity index (χ2v) is 9.01. The number of benzene rings is 2. The number of aromatic nitrogens is 3. The second-order valence-electron chi connectivity index (χ2n) is 8.00. The van der Waals surface area contributed by atoms with Crippen LogP contribution in [-0.4, -0.2) is 75.2 Å². The Balaban J connectivity index is 1.35. The molecule has 0 bridgehead atoms. The Morgan fingerprint density at radius 1 is 1.15 bits per heavy atom. The number of rotatable bonds is 8. The van der Waals surface area contributed by atoms with E-state index < -0.39 is 4.92 Å². The van der Waals surface area contributed by atoms with Gasteiger partial charge in [0.1, 0.15) is 12.1 Å². The van der Waals surface area contributed by atoms with Crippen LogP contribution in [0, 0.1) is 10.1 Å². The molecule has 0 spiro atoms. The number of aryl methyl sites for hydroxylation is 1. The van der Waals surface area contributed by atoms with Gasteiger partial charge in [0, 0.05) is 51.4 Å². The first-order chi connectivity index (χ1) is 16.4. The van der Waals surface area contributed by atoms with Crippen molar-refractivity contribution < 1.29 is 14.5 Å². The zero-order chi connectivity index (χ0) is 24.1. The van der Waals surface area contributed by atoms with Crippen molar-refractivity contribution in [3.63, 3.8) is 0 Å². The third-order valence-electron chi connectivity index (χ3n) is 5.81. The maximum absolute atomic E-state index is 13.0. The number of carbonyl (C=O) groups excluding carboxylic acids is 1. The molecule has 2 aromatic carbocycles. The molecule has 178 valence electrons. The standard InChI is InChI=1S/C23H26N6O4S/c1-26-16-24-25-23(26)34-21-8-5-18(15-20(21)29(31)32)22(30)28-13-11-27(12-14-28)10-9-17-3-6-19(33-2)7-4-17/h3-8,15-16H,9-14H2,1-2H3. The van der Waals surface area contributed by atoms with Crippen LogP contribution in [0.15, 0.2) is 58.8 Å². The molecule has 11 heteroatoms. The summed E-state index contributed by atoms with van der Waals surface area (Å²) in [5.74, 6) is 0.657. The number of ether oxygens (including phenoxy) is 1. The Labute approximate surface area is 201 Å². The minimum absolute atomic E-state index is 0.114. The van der Waals surface area contributed by atoms with Gasteiger partial charge >= 0.3 is 0 Å². The molecule has 0 saturated carbocycles. The minimum atomic E-state index is -0.466. The maximum atomic E-state index is 13.0. The topological polar surface area (TPSA) is 107 Å². The van der Waals surface area contributed by atoms with Gasteiger partial charge in [-0.25, -0.2) is 0 Å². The smallest absolute Gasteiger partial charge is 0.284 e. The van der Waals surface area contributed by atoms with Crippen LogP contribution < -0.4 is 4.74 Å². The highest BCUT2D eigenvalue weighted by molar-refractivity contribution is 7.99. The average Bonchev–Trinajstić information content (AvgIpc) is 3.27. The quantitative estimate of drug-likeness (QED) is 0.356. The van der Waals surface area contributed by atoms with E-state index in [4.69, 9.17) is 4.74 Å². The fourth-order valence-corrected chi connectivity index (χ4v) is 4.63. The fourth-order valence-electron chi connectivity index (χ4n) is 3.78. The molecule has 1 amide bonds. The molecule has 0 unspecified atom stereocenters. The van der Waals surface area contributed by atoms with E-state index in [0.717, 1.165) is 43.6 Å². The number of hydrogen-bond acceptors (Lipinski definition) is 8. The van der Waals surface area contributed by atoms with E-state index in [9.17, 15) is 14.9 Å². The lowest BCUT2D eigenvalue weighted by molar-refractivity contribution is -0.387. The molecule has 1 fully saturated rings. The highest BCUT2D eigenvalue weighted by Gasteiger charge is 2.25. The summed E-state index contributed by atoms with van der Waals surface area (Å²) >= 11 is 1.15. The van der Waals surface area contributed by atoms with E-state index in [-0.39, 0.29) is 11.6 Å². The van der Waals surface area contributed by atoms with E-state index in [1.54, 1.807) is 35.8 Å². The number of amides is 1. The summed E-state index contributed by atoms with van der Waals surface area (Å²) in [6.07, 6.45) is 2.46. The molecule has 0 atom stereocenters. The van der Waals surface area contributed by atoms with Crippen molar-refractivity contribution in [1.82, 2.24) is 24.6 Å². The number of nitro benzene ring substituents is 1. The van der Waals surface area contributed by atoms with E-state index in [1.165, 1.54) is 18.0 Å². The summed E-state index contributed by atoms with van der Waals surface area (Å²) in [6, 6.07) is 12.7. The molecule has 4 rings (SSSR count). The SMILES string of the molecule is COc1ccc(CCN2CCN(C(=O)c3ccc(Sc4nncn4C)c([N+](=O)[O-])c3)CC2)cc1. The molecule has 0 N–H and O–H groups in total. The number of methoxy groups -OCH3 is 1. The van der Waals surface area contributed by atoms with E-state index in [2.05, 4.69) is 27.2 Å². The average molecular weight is 483 g/mol. The first-order valence-electron chi connectivity index (χ1n) is 10.9. The summed E-state index contributed by atoms with van der Waals surface area (Å²) in [6.45, 7) is 3.62. The van der Waals surface area contributed by atoms with Crippen molar-refractivity contribution in [2.75, 3.05) is 39.8 Å². The molecular formula is C23H26N6O4S. The number of carbonyl (C=O) groups is 1. The molecule has 1 aliphatic rings. The Hall–Kier alpha value is -3.44. The van der Waals surface area contributed by atoms with Gasteiger partial charge in [0.25, 0.3) is 11.6 Å². The maximum Gasteiger partial charge on any atom is 0.284 e. The van der Waals surface area contributed by atoms with E-state index in [0.29, 0.717) is 28.7 Å². The molecule has 1 aliphatic heterocycles. The van der Waals surface area contributed by atoms with Gasteiger partial charge in [-0.3, -0.25) is 19.8 Å².